The van der Waals surface area contributed by atoms with Gasteiger partial charge in [-0.05, 0) is 122 Å². The molecule has 0 spiro atoms. The Labute approximate surface area is 248 Å². The maximum atomic E-state index is 13.3. The molecule has 1 unspecified atom stereocenters. The quantitative estimate of drug-likeness (QED) is 0.323. The number of halogens is 1. The molecule has 0 radical (unpaired) electrons. The molecular formula is C34H53FN2O3S. The van der Waals surface area contributed by atoms with E-state index in [-0.39, 0.29) is 4.90 Å². The number of alkyl halides is 1. The molecule has 2 amide bonds. The zero-order valence-electron chi connectivity index (χ0n) is 26.0. The van der Waals surface area contributed by atoms with Gasteiger partial charge in [-0.25, -0.2) is 17.9 Å². The van der Waals surface area contributed by atoms with Crippen molar-refractivity contribution >= 4 is 16.1 Å². The molecule has 0 aromatic heterocycles. The van der Waals surface area contributed by atoms with Gasteiger partial charge in [0.1, 0.15) is 0 Å². The summed E-state index contributed by atoms with van der Waals surface area (Å²) in [5.41, 5.74) is 0.973. The molecule has 41 heavy (non-hydrogen) atoms. The van der Waals surface area contributed by atoms with Crippen molar-refractivity contribution < 1.29 is 17.6 Å². The van der Waals surface area contributed by atoms with Gasteiger partial charge >= 0.3 is 6.03 Å². The molecule has 8 atom stereocenters. The summed E-state index contributed by atoms with van der Waals surface area (Å²) < 4.78 is 41.0. The minimum Gasteiger partial charge on any atom is -0.337 e. The second-order valence-electron chi connectivity index (χ2n) is 15.3. The molecular weight excluding hydrogens is 535 g/mol. The highest BCUT2D eigenvalue weighted by Crippen LogP contribution is 2.68. The number of rotatable bonds is 8. The average molecular weight is 589 g/mol. The van der Waals surface area contributed by atoms with E-state index in [1.807, 2.05) is 0 Å². The zero-order chi connectivity index (χ0) is 29.6. The summed E-state index contributed by atoms with van der Waals surface area (Å²) >= 11 is 0. The molecule has 4 fully saturated rings. The van der Waals surface area contributed by atoms with Gasteiger partial charge in [0.2, 0.25) is 0 Å². The van der Waals surface area contributed by atoms with Gasteiger partial charge in [0, 0.05) is 12.0 Å². The SMILES string of the molecule is C[C@H](CCNC(=O)NS(=O)(=O)c1ccc(C(C)(C)CF)cc1)C1CC[C@H]2[C@@H]3CC[C@@H]4CCCC[C@]4(C)[C@H]3CC[C@]12C. The Morgan fingerprint density at radius 3 is 2.39 bits per heavy atom. The van der Waals surface area contributed by atoms with Crippen molar-refractivity contribution in [3.05, 3.63) is 29.8 Å². The largest absolute Gasteiger partial charge is 0.337 e. The molecule has 0 bridgehead atoms. The van der Waals surface area contributed by atoms with E-state index < -0.39 is 28.1 Å². The van der Waals surface area contributed by atoms with Crippen LogP contribution in [0.15, 0.2) is 29.2 Å². The van der Waals surface area contributed by atoms with Crippen LogP contribution < -0.4 is 10.0 Å². The summed E-state index contributed by atoms with van der Waals surface area (Å²) in [5.74, 6) is 4.71. The fourth-order valence-electron chi connectivity index (χ4n) is 10.3. The van der Waals surface area contributed by atoms with Gasteiger partial charge in [-0.3, -0.25) is 4.39 Å². The number of carbonyl (C=O) groups is 1. The van der Waals surface area contributed by atoms with Crippen LogP contribution in [0.5, 0.6) is 0 Å². The van der Waals surface area contributed by atoms with Crippen LogP contribution in [-0.2, 0) is 15.4 Å². The number of nitrogens with one attached hydrogen (secondary N) is 2. The van der Waals surface area contributed by atoms with Crippen LogP contribution in [0.25, 0.3) is 0 Å². The van der Waals surface area contributed by atoms with Gasteiger partial charge in [0.05, 0.1) is 11.6 Å². The zero-order valence-corrected chi connectivity index (χ0v) is 26.8. The minimum atomic E-state index is -4.00. The lowest BCUT2D eigenvalue weighted by molar-refractivity contribution is -0.114. The molecule has 1 aromatic rings. The standard InChI is InChI=1S/C34H53FN2O3S/c1-23(18-21-36-31(38)37-41(39,40)26-12-9-24(10-13-26)32(2,3)22-35)28-15-16-29-27-14-11-25-8-6-7-19-33(25,4)30(27)17-20-34(28,29)5/h9-10,12-13,23,25,27-30H,6-8,11,14-22H2,1-5H3,(H2,36,37,38)/t23-,25+,27+,28?,29+,30+,33+,34-/m1/s1. The van der Waals surface area contributed by atoms with E-state index in [4.69, 9.17) is 0 Å². The van der Waals surface area contributed by atoms with Crippen LogP contribution in [-0.4, -0.2) is 27.7 Å². The lowest BCUT2D eigenvalue weighted by Crippen LogP contribution is -2.53. The highest BCUT2D eigenvalue weighted by Gasteiger charge is 2.60. The Morgan fingerprint density at radius 1 is 0.976 bits per heavy atom. The Kier molecular flexibility index (Phi) is 8.62. The van der Waals surface area contributed by atoms with Gasteiger partial charge in [0.15, 0.2) is 0 Å². The highest BCUT2D eigenvalue weighted by atomic mass is 32.2. The van der Waals surface area contributed by atoms with E-state index >= 15 is 0 Å². The molecule has 0 aliphatic heterocycles. The fourth-order valence-corrected chi connectivity index (χ4v) is 11.2. The Hall–Kier alpha value is -1.63. The number of urea groups is 1. The van der Waals surface area contributed by atoms with Crippen molar-refractivity contribution in [3.63, 3.8) is 0 Å². The normalized spacial score (nSPS) is 36.0. The van der Waals surface area contributed by atoms with Crippen molar-refractivity contribution in [2.45, 2.75) is 116 Å². The van der Waals surface area contributed by atoms with Crippen LogP contribution in [0.3, 0.4) is 0 Å². The Morgan fingerprint density at radius 2 is 1.68 bits per heavy atom. The monoisotopic (exact) mass is 588 g/mol. The predicted octanol–water partition coefficient (Wildman–Crippen LogP) is 8.00. The molecule has 1 aromatic carbocycles. The van der Waals surface area contributed by atoms with E-state index in [1.165, 1.54) is 76.3 Å². The topological polar surface area (TPSA) is 75.3 Å². The summed E-state index contributed by atoms with van der Waals surface area (Å²) in [5, 5.41) is 2.79. The van der Waals surface area contributed by atoms with Gasteiger partial charge in [-0.15, -0.1) is 0 Å². The average Bonchev–Trinajstić information content (AvgIpc) is 3.30. The second-order valence-corrected chi connectivity index (χ2v) is 17.0. The molecule has 5 rings (SSSR count). The molecule has 4 aliphatic rings. The maximum absolute atomic E-state index is 13.3. The third-order valence-corrected chi connectivity index (χ3v) is 14.1. The van der Waals surface area contributed by atoms with E-state index in [2.05, 4.69) is 30.8 Å². The lowest BCUT2D eigenvalue weighted by atomic mass is 9.44. The van der Waals surface area contributed by atoms with Crippen LogP contribution in [0, 0.1) is 46.3 Å². The van der Waals surface area contributed by atoms with Gasteiger partial charge in [-0.2, -0.15) is 0 Å². The molecule has 230 valence electrons. The van der Waals surface area contributed by atoms with Crippen LogP contribution in [0.4, 0.5) is 9.18 Å². The summed E-state index contributed by atoms with van der Waals surface area (Å²) in [7, 11) is -4.00. The van der Waals surface area contributed by atoms with E-state index in [0.717, 1.165) is 30.1 Å². The van der Waals surface area contributed by atoms with Gasteiger partial charge in [-0.1, -0.05) is 59.6 Å². The molecule has 4 saturated carbocycles. The number of hydrogen-bond donors (Lipinski definition) is 2. The number of benzene rings is 1. The molecule has 0 heterocycles. The van der Waals surface area contributed by atoms with E-state index in [1.54, 1.807) is 26.0 Å². The second kappa shape index (κ2) is 11.5. The third-order valence-electron chi connectivity index (χ3n) is 12.7. The number of fused-ring (bicyclic) bond motifs is 5. The number of carbonyl (C=O) groups excluding carboxylic acids is 1. The third kappa shape index (κ3) is 5.70. The number of sulfonamides is 1. The Bertz CT molecular complexity index is 1200. The van der Waals surface area contributed by atoms with Crippen molar-refractivity contribution in [1.29, 1.82) is 0 Å². The molecule has 4 aliphatic carbocycles. The van der Waals surface area contributed by atoms with E-state index in [0.29, 0.717) is 34.8 Å². The van der Waals surface area contributed by atoms with Crippen molar-refractivity contribution in [2.24, 2.45) is 46.3 Å². The maximum Gasteiger partial charge on any atom is 0.328 e. The van der Waals surface area contributed by atoms with Crippen LogP contribution in [0.1, 0.15) is 111 Å². The first kappa shape index (κ1) is 30.8. The van der Waals surface area contributed by atoms with Gasteiger partial charge in [0.25, 0.3) is 10.0 Å². The van der Waals surface area contributed by atoms with Crippen LogP contribution >= 0.6 is 0 Å². The highest BCUT2D eigenvalue weighted by molar-refractivity contribution is 7.90. The van der Waals surface area contributed by atoms with E-state index in [9.17, 15) is 17.6 Å². The fraction of sp³-hybridized carbons (Fsp3) is 0.794. The molecule has 2 N–H and O–H groups in total. The van der Waals surface area contributed by atoms with Crippen molar-refractivity contribution in [1.82, 2.24) is 10.0 Å². The Balaban J connectivity index is 1.14. The first-order valence-corrected chi connectivity index (χ1v) is 17.8. The lowest BCUT2D eigenvalue weighted by Gasteiger charge is -2.61. The smallest absolute Gasteiger partial charge is 0.328 e. The summed E-state index contributed by atoms with van der Waals surface area (Å²) in [6, 6.07) is 5.38. The molecule has 7 heteroatoms. The van der Waals surface area contributed by atoms with Crippen molar-refractivity contribution in [2.75, 3.05) is 13.2 Å². The minimum absolute atomic E-state index is 0.00364. The summed E-state index contributed by atoms with van der Waals surface area (Å²) in [6.45, 7) is 11.0. The first-order valence-electron chi connectivity index (χ1n) is 16.3. The number of hydrogen-bond acceptors (Lipinski definition) is 3. The van der Waals surface area contributed by atoms with Crippen molar-refractivity contribution in [3.8, 4) is 0 Å². The summed E-state index contributed by atoms with van der Waals surface area (Å²) in [6.07, 6.45) is 14.8. The van der Waals surface area contributed by atoms with Gasteiger partial charge < -0.3 is 5.32 Å². The molecule has 5 nitrogen and oxygen atoms in total. The van der Waals surface area contributed by atoms with Crippen LogP contribution in [0.2, 0.25) is 0 Å². The predicted molar refractivity (Wildman–Crippen MR) is 163 cm³/mol. The molecule has 0 saturated heterocycles. The first-order chi connectivity index (χ1) is 19.3. The summed E-state index contributed by atoms with van der Waals surface area (Å²) in [4.78, 5) is 12.5. The number of amides is 2.